The van der Waals surface area contributed by atoms with Gasteiger partial charge in [-0.15, -0.1) is 0 Å². The predicted molar refractivity (Wildman–Crippen MR) is 70.0 cm³/mol. The van der Waals surface area contributed by atoms with Crippen LogP contribution in [0.5, 0.6) is 0 Å². The molecular weight excluding hydrogens is 282 g/mol. The third-order valence-corrected chi connectivity index (χ3v) is 3.22. The summed E-state index contributed by atoms with van der Waals surface area (Å²) >= 11 is 3.43. The van der Waals surface area contributed by atoms with Crippen molar-refractivity contribution in [3.8, 4) is 0 Å². The molecule has 1 heterocycles. The van der Waals surface area contributed by atoms with Gasteiger partial charge in [-0.3, -0.25) is 4.79 Å². The van der Waals surface area contributed by atoms with Crippen LogP contribution in [0.1, 0.15) is 16.1 Å². The van der Waals surface area contributed by atoms with Gasteiger partial charge in [-0.1, -0.05) is 22.0 Å². The Morgan fingerprint density at radius 1 is 1.47 bits per heavy atom. The summed E-state index contributed by atoms with van der Waals surface area (Å²) in [5.41, 5.74) is 2.28. The van der Waals surface area contributed by atoms with E-state index in [4.69, 9.17) is 0 Å². The molecule has 0 fully saturated rings. The van der Waals surface area contributed by atoms with E-state index in [1.54, 1.807) is 17.1 Å². The van der Waals surface area contributed by atoms with Crippen molar-refractivity contribution in [2.45, 2.75) is 6.92 Å². The monoisotopic (exact) mass is 293 g/mol. The Balaban J connectivity index is 2.15. The Labute approximate surface area is 108 Å². The van der Waals surface area contributed by atoms with Crippen LogP contribution in [0, 0.1) is 6.92 Å². The Morgan fingerprint density at radius 3 is 2.82 bits per heavy atom. The molecule has 0 aliphatic carbocycles. The van der Waals surface area contributed by atoms with Crippen molar-refractivity contribution in [3.63, 3.8) is 0 Å². The van der Waals surface area contributed by atoms with Crippen molar-refractivity contribution in [1.29, 1.82) is 0 Å². The maximum Gasteiger partial charge on any atom is 0.275 e. The molecule has 1 N–H and O–H groups in total. The van der Waals surface area contributed by atoms with E-state index in [1.165, 1.54) is 0 Å². The Morgan fingerprint density at radius 2 is 2.24 bits per heavy atom. The molecule has 0 aliphatic heterocycles. The second kappa shape index (κ2) is 4.71. The van der Waals surface area contributed by atoms with Crippen molar-refractivity contribution in [2.24, 2.45) is 7.05 Å². The van der Waals surface area contributed by atoms with Gasteiger partial charge in [-0.05, 0) is 24.6 Å². The largest absolute Gasteiger partial charge is 0.340 e. The molecule has 1 amide bonds. The number of imidazole rings is 1. The van der Waals surface area contributed by atoms with Gasteiger partial charge in [0.2, 0.25) is 0 Å². The highest BCUT2D eigenvalue weighted by Gasteiger charge is 2.09. The Hall–Kier alpha value is -1.62. The molecule has 0 saturated carbocycles. The number of halogens is 1. The second-order valence-electron chi connectivity index (χ2n) is 3.84. The van der Waals surface area contributed by atoms with Crippen LogP contribution < -0.4 is 5.32 Å². The first-order chi connectivity index (χ1) is 8.06. The summed E-state index contributed by atoms with van der Waals surface area (Å²) in [5, 5.41) is 2.79. The molecule has 4 nitrogen and oxygen atoms in total. The highest BCUT2D eigenvalue weighted by molar-refractivity contribution is 9.10. The fourth-order valence-corrected chi connectivity index (χ4v) is 1.77. The van der Waals surface area contributed by atoms with E-state index in [9.17, 15) is 4.79 Å². The average Bonchev–Trinajstić information content (AvgIpc) is 2.70. The number of hydrogen-bond donors (Lipinski definition) is 1. The zero-order valence-corrected chi connectivity index (χ0v) is 11.2. The fraction of sp³-hybridized carbons (Fsp3) is 0.167. The molecule has 0 atom stereocenters. The number of aromatic nitrogens is 2. The normalized spacial score (nSPS) is 10.3. The lowest BCUT2D eigenvalue weighted by Gasteiger charge is -2.05. The van der Waals surface area contributed by atoms with Crippen LogP contribution in [0.4, 0.5) is 5.69 Å². The van der Waals surface area contributed by atoms with Gasteiger partial charge in [-0.2, -0.15) is 0 Å². The van der Waals surface area contributed by atoms with Crippen molar-refractivity contribution in [2.75, 3.05) is 5.32 Å². The predicted octanol–water partition coefficient (Wildman–Crippen LogP) is 2.74. The summed E-state index contributed by atoms with van der Waals surface area (Å²) in [5.74, 6) is -0.207. The number of carbonyl (C=O) groups is 1. The summed E-state index contributed by atoms with van der Waals surface area (Å²) < 4.78 is 2.70. The molecule has 0 spiro atoms. The van der Waals surface area contributed by atoms with Crippen LogP contribution in [-0.4, -0.2) is 15.5 Å². The van der Waals surface area contributed by atoms with Gasteiger partial charge in [0, 0.05) is 23.4 Å². The van der Waals surface area contributed by atoms with Crippen LogP contribution in [0.3, 0.4) is 0 Å². The summed E-state index contributed by atoms with van der Waals surface area (Å²) in [6.07, 6.45) is 3.28. The number of amides is 1. The van der Waals surface area contributed by atoms with E-state index in [-0.39, 0.29) is 5.91 Å². The maximum atomic E-state index is 11.8. The standard InChI is InChI=1S/C12H12BrN3O/c1-8-3-4-9(5-10(8)13)15-12(17)11-6-16(2)7-14-11/h3-7H,1-2H3,(H,15,17). The van der Waals surface area contributed by atoms with Gasteiger partial charge in [0.05, 0.1) is 6.33 Å². The molecule has 0 radical (unpaired) electrons. The average molecular weight is 294 g/mol. The number of aryl methyl sites for hydroxylation is 2. The highest BCUT2D eigenvalue weighted by Crippen LogP contribution is 2.20. The van der Waals surface area contributed by atoms with E-state index in [1.807, 2.05) is 32.2 Å². The van der Waals surface area contributed by atoms with Crippen molar-refractivity contribution in [3.05, 3.63) is 46.5 Å². The highest BCUT2D eigenvalue weighted by atomic mass is 79.9. The number of rotatable bonds is 2. The topological polar surface area (TPSA) is 46.9 Å². The van der Waals surface area contributed by atoms with Gasteiger partial charge in [0.1, 0.15) is 5.69 Å². The number of carbonyl (C=O) groups excluding carboxylic acids is 1. The van der Waals surface area contributed by atoms with Crippen molar-refractivity contribution >= 4 is 27.5 Å². The zero-order valence-electron chi connectivity index (χ0n) is 9.57. The second-order valence-corrected chi connectivity index (χ2v) is 4.70. The Kier molecular flexibility index (Phi) is 3.28. The lowest BCUT2D eigenvalue weighted by Crippen LogP contribution is -2.12. The van der Waals surface area contributed by atoms with Crippen molar-refractivity contribution in [1.82, 2.24) is 9.55 Å². The minimum Gasteiger partial charge on any atom is -0.340 e. The maximum absolute atomic E-state index is 11.8. The SMILES string of the molecule is Cc1ccc(NC(=O)c2cn(C)cn2)cc1Br. The number of benzene rings is 1. The van der Waals surface area contributed by atoms with Crippen LogP contribution in [-0.2, 0) is 7.05 Å². The van der Waals surface area contributed by atoms with Gasteiger partial charge in [0.15, 0.2) is 0 Å². The zero-order chi connectivity index (χ0) is 12.4. The molecule has 17 heavy (non-hydrogen) atoms. The molecule has 88 valence electrons. The third-order valence-electron chi connectivity index (χ3n) is 2.37. The molecule has 1 aromatic heterocycles. The van der Waals surface area contributed by atoms with E-state index in [2.05, 4.69) is 26.2 Å². The molecular formula is C12H12BrN3O. The molecule has 1 aromatic carbocycles. The van der Waals surface area contributed by atoms with E-state index in [0.717, 1.165) is 15.7 Å². The minimum atomic E-state index is -0.207. The van der Waals surface area contributed by atoms with Crippen LogP contribution in [0.25, 0.3) is 0 Å². The third kappa shape index (κ3) is 2.74. The van der Waals surface area contributed by atoms with Gasteiger partial charge >= 0.3 is 0 Å². The molecule has 0 saturated heterocycles. The van der Waals surface area contributed by atoms with Crippen LogP contribution >= 0.6 is 15.9 Å². The van der Waals surface area contributed by atoms with E-state index < -0.39 is 0 Å². The molecule has 0 bridgehead atoms. The van der Waals surface area contributed by atoms with Gasteiger partial charge < -0.3 is 9.88 Å². The van der Waals surface area contributed by atoms with Crippen LogP contribution in [0.2, 0.25) is 0 Å². The quantitative estimate of drug-likeness (QED) is 0.925. The number of hydrogen-bond acceptors (Lipinski definition) is 2. The number of nitrogens with zero attached hydrogens (tertiary/aromatic N) is 2. The molecule has 0 aliphatic rings. The first-order valence-electron chi connectivity index (χ1n) is 5.12. The number of nitrogens with one attached hydrogen (secondary N) is 1. The summed E-state index contributed by atoms with van der Waals surface area (Å²) in [6, 6.07) is 5.68. The molecule has 0 unspecified atom stereocenters. The fourth-order valence-electron chi connectivity index (χ4n) is 1.40. The summed E-state index contributed by atoms with van der Waals surface area (Å²) in [4.78, 5) is 15.8. The lowest BCUT2D eigenvalue weighted by atomic mass is 10.2. The smallest absolute Gasteiger partial charge is 0.275 e. The molecule has 5 heteroatoms. The number of anilines is 1. The van der Waals surface area contributed by atoms with E-state index in [0.29, 0.717) is 5.69 Å². The molecule has 2 aromatic rings. The van der Waals surface area contributed by atoms with Gasteiger partial charge in [0.25, 0.3) is 5.91 Å². The summed E-state index contributed by atoms with van der Waals surface area (Å²) in [7, 11) is 1.83. The first-order valence-corrected chi connectivity index (χ1v) is 5.91. The van der Waals surface area contributed by atoms with E-state index >= 15 is 0 Å². The first kappa shape index (κ1) is 11.9. The van der Waals surface area contributed by atoms with Crippen LogP contribution in [0.15, 0.2) is 35.2 Å². The Bertz CT molecular complexity index is 563. The summed E-state index contributed by atoms with van der Waals surface area (Å²) in [6.45, 7) is 1.99. The minimum absolute atomic E-state index is 0.207. The molecule has 2 rings (SSSR count). The lowest BCUT2D eigenvalue weighted by molar-refractivity contribution is 0.102. The van der Waals surface area contributed by atoms with Crippen molar-refractivity contribution < 1.29 is 4.79 Å². The van der Waals surface area contributed by atoms with Gasteiger partial charge in [-0.25, -0.2) is 4.98 Å².